The summed E-state index contributed by atoms with van der Waals surface area (Å²) in [7, 11) is -3.60. The normalized spacial score (nSPS) is 12.2. The van der Waals surface area contributed by atoms with Crippen molar-refractivity contribution in [2.45, 2.75) is 52.1 Å². The maximum Gasteiger partial charge on any atom is 0.242 e. The molecule has 0 unspecified atom stereocenters. The van der Waals surface area contributed by atoms with Crippen LogP contribution in [0.3, 0.4) is 0 Å². The molecule has 36 heavy (non-hydrogen) atoms. The van der Waals surface area contributed by atoms with Crippen molar-refractivity contribution in [2.24, 2.45) is 0 Å². The number of amides is 2. The number of anilines is 1. The lowest BCUT2D eigenvalue weighted by molar-refractivity contribution is -0.140. The van der Waals surface area contributed by atoms with Crippen LogP contribution in [0, 0.1) is 0 Å². The van der Waals surface area contributed by atoms with Crippen molar-refractivity contribution in [1.29, 1.82) is 0 Å². The zero-order valence-corrected chi connectivity index (χ0v) is 23.7. The first-order chi connectivity index (χ1) is 17.0. The van der Waals surface area contributed by atoms with Crippen LogP contribution in [-0.4, -0.2) is 50.5 Å². The Morgan fingerprint density at radius 2 is 1.67 bits per heavy atom. The fourth-order valence-electron chi connectivity index (χ4n) is 3.61. The second kappa shape index (κ2) is 14.1. The number of unbranched alkanes of at least 4 members (excludes halogenated alkanes) is 1. The average molecular weight is 577 g/mol. The highest BCUT2D eigenvalue weighted by atomic mass is 35.5. The van der Waals surface area contributed by atoms with Crippen LogP contribution in [0.25, 0.3) is 0 Å². The molecule has 0 bridgehead atoms. The number of carbonyl (C=O) groups is 2. The quantitative estimate of drug-likeness (QED) is 0.318. The topological polar surface area (TPSA) is 86.8 Å². The number of carbonyl (C=O) groups excluding carboxylic acids is 2. The summed E-state index contributed by atoms with van der Waals surface area (Å²) in [5.41, 5.74) is 0.958. The molecule has 2 amide bonds. The van der Waals surface area contributed by atoms with Gasteiger partial charge in [-0.25, -0.2) is 8.42 Å². The lowest BCUT2D eigenvalue weighted by atomic mass is 10.1. The predicted octanol–water partition coefficient (Wildman–Crippen LogP) is 5.53. The molecule has 0 aliphatic carbocycles. The van der Waals surface area contributed by atoms with Crippen molar-refractivity contribution in [3.05, 3.63) is 63.1 Å². The van der Waals surface area contributed by atoms with Crippen LogP contribution in [0.2, 0.25) is 15.1 Å². The fourth-order valence-corrected chi connectivity index (χ4v) is 5.27. The minimum absolute atomic E-state index is 0.0151. The van der Waals surface area contributed by atoms with Gasteiger partial charge in [0.05, 0.1) is 11.9 Å². The zero-order valence-electron chi connectivity index (χ0n) is 20.6. The molecule has 0 aromatic heterocycles. The van der Waals surface area contributed by atoms with E-state index in [9.17, 15) is 18.0 Å². The Labute approximate surface area is 228 Å². The van der Waals surface area contributed by atoms with E-state index in [1.807, 2.05) is 6.92 Å². The molecule has 0 aliphatic heterocycles. The summed E-state index contributed by atoms with van der Waals surface area (Å²) in [6.07, 6.45) is 3.10. The molecule has 2 aromatic rings. The SMILES string of the molecule is CCCCNC(=O)[C@@H](C)N(Cc1c(Cl)cccc1Cl)C(=O)CCCN(c1cccc(Cl)c1)S(C)(=O)=O. The largest absolute Gasteiger partial charge is 0.354 e. The van der Waals surface area contributed by atoms with Gasteiger partial charge in [0.2, 0.25) is 21.8 Å². The van der Waals surface area contributed by atoms with Gasteiger partial charge >= 0.3 is 0 Å². The highest BCUT2D eigenvalue weighted by Crippen LogP contribution is 2.27. The summed E-state index contributed by atoms with van der Waals surface area (Å²) < 4.78 is 26.0. The fraction of sp³-hybridized carbons (Fsp3) is 0.440. The van der Waals surface area contributed by atoms with Gasteiger partial charge in [-0.1, -0.05) is 60.3 Å². The van der Waals surface area contributed by atoms with Crippen LogP contribution in [0.5, 0.6) is 0 Å². The van der Waals surface area contributed by atoms with Crippen molar-refractivity contribution >= 4 is 62.3 Å². The third-order valence-electron chi connectivity index (χ3n) is 5.64. The number of nitrogens with zero attached hydrogens (tertiary/aromatic N) is 2. The lowest BCUT2D eigenvalue weighted by Crippen LogP contribution is -2.48. The Morgan fingerprint density at radius 3 is 2.25 bits per heavy atom. The highest BCUT2D eigenvalue weighted by molar-refractivity contribution is 7.92. The van der Waals surface area contributed by atoms with Gasteiger partial charge in [-0.2, -0.15) is 0 Å². The van der Waals surface area contributed by atoms with Crippen LogP contribution in [-0.2, 0) is 26.2 Å². The zero-order chi connectivity index (χ0) is 26.9. The molecule has 2 aromatic carbocycles. The molecule has 2 rings (SSSR count). The molecule has 0 saturated heterocycles. The first-order valence-corrected chi connectivity index (χ1v) is 14.7. The summed E-state index contributed by atoms with van der Waals surface area (Å²) in [6, 6.07) is 10.8. The standard InChI is InChI=1S/C25H32Cl3N3O4S/c1-4-5-14-29-25(33)18(2)30(17-21-22(27)11-7-12-23(21)28)24(32)13-8-15-31(36(3,34)35)20-10-6-9-19(26)16-20/h6-7,9-12,16,18H,4-5,8,13-15,17H2,1-3H3,(H,29,33)/t18-/m1/s1. The van der Waals surface area contributed by atoms with Gasteiger partial charge in [-0.3, -0.25) is 13.9 Å². The molecule has 0 saturated carbocycles. The van der Waals surface area contributed by atoms with Gasteiger partial charge < -0.3 is 10.2 Å². The molecule has 0 radical (unpaired) electrons. The predicted molar refractivity (Wildman–Crippen MR) is 147 cm³/mol. The Hall–Kier alpha value is -2.00. The van der Waals surface area contributed by atoms with Gasteiger partial charge in [0.25, 0.3) is 0 Å². The first-order valence-electron chi connectivity index (χ1n) is 11.7. The molecule has 1 atom stereocenters. The van der Waals surface area contributed by atoms with E-state index in [0.717, 1.165) is 19.1 Å². The summed E-state index contributed by atoms with van der Waals surface area (Å²) >= 11 is 18.7. The molecular weight excluding hydrogens is 545 g/mol. The van der Waals surface area contributed by atoms with Crippen LogP contribution in [0.1, 0.15) is 45.1 Å². The monoisotopic (exact) mass is 575 g/mol. The summed E-state index contributed by atoms with van der Waals surface area (Å²) in [5.74, 6) is -0.597. The molecule has 7 nitrogen and oxygen atoms in total. The Balaban J connectivity index is 2.20. The number of hydrogen-bond donors (Lipinski definition) is 1. The molecule has 0 aliphatic rings. The second-order valence-electron chi connectivity index (χ2n) is 8.46. The number of sulfonamides is 1. The van der Waals surface area contributed by atoms with E-state index in [2.05, 4.69) is 5.32 Å². The van der Waals surface area contributed by atoms with Crippen LogP contribution in [0.15, 0.2) is 42.5 Å². The van der Waals surface area contributed by atoms with E-state index in [4.69, 9.17) is 34.8 Å². The van der Waals surface area contributed by atoms with Crippen LogP contribution in [0.4, 0.5) is 5.69 Å². The number of hydrogen-bond acceptors (Lipinski definition) is 4. The summed E-state index contributed by atoms with van der Waals surface area (Å²) in [6.45, 7) is 4.30. The van der Waals surface area contributed by atoms with E-state index in [-0.39, 0.29) is 37.7 Å². The molecule has 0 spiro atoms. The third kappa shape index (κ3) is 8.83. The van der Waals surface area contributed by atoms with Gasteiger partial charge in [-0.15, -0.1) is 0 Å². The van der Waals surface area contributed by atoms with Crippen molar-refractivity contribution < 1.29 is 18.0 Å². The molecule has 198 valence electrons. The molecule has 0 heterocycles. The summed E-state index contributed by atoms with van der Waals surface area (Å²) in [5, 5.41) is 4.04. The van der Waals surface area contributed by atoms with Crippen LogP contribution >= 0.6 is 34.8 Å². The number of halogens is 3. The molecule has 1 N–H and O–H groups in total. The number of rotatable bonds is 13. The van der Waals surface area contributed by atoms with Crippen molar-refractivity contribution in [2.75, 3.05) is 23.7 Å². The molecule has 11 heteroatoms. The van der Waals surface area contributed by atoms with E-state index in [1.54, 1.807) is 49.4 Å². The number of benzene rings is 2. The molecular formula is C25H32Cl3N3O4S. The van der Waals surface area contributed by atoms with E-state index in [0.29, 0.717) is 32.9 Å². The molecule has 0 fully saturated rings. The maximum absolute atomic E-state index is 13.3. The minimum Gasteiger partial charge on any atom is -0.354 e. The van der Waals surface area contributed by atoms with Gasteiger partial charge in [0, 0.05) is 46.7 Å². The number of nitrogens with one attached hydrogen (secondary N) is 1. The lowest BCUT2D eigenvalue weighted by Gasteiger charge is -2.30. The van der Waals surface area contributed by atoms with E-state index >= 15 is 0 Å². The average Bonchev–Trinajstić information content (AvgIpc) is 2.80. The van der Waals surface area contributed by atoms with E-state index in [1.165, 1.54) is 9.21 Å². The Morgan fingerprint density at radius 1 is 1.03 bits per heavy atom. The van der Waals surface area contributed by atoms with Crippen molar-refractivity contribution in [3.8, 4) is 0 Å². The maximum atomic E-state index is 13.3. The second-order valence-corrected chi connectivity index (χ2v) is 11.6. The van der Waals surface area contributed by atoms with Gasteiger partial charge in [-0.05, 0) is 50.1 Å². The van der Waals surface area contributed by atoms with Gasteiger partial charge in [0.1, 0.15) is 6.04 Å². The Bertz CT molecular complexity index is 1140. The van der Waals surface area contributed by atoms with Crippen molar-refractivity contribution in [1.82, 2.24) is 10.2 Å². The van der Waals surface area contributed by atoms with E-state index < -0.39 is 16.1 Å². The first kappa shape index (κ1) is 30.2. The minimum atomic E-state index is -3.60. The third-order valence-corrected chi connectivity index (χ3v) is 7.77. The van der Waals surface area contributed by atoms with Gasteiger partial charge in [0.15, 0.2) is 0 Å². The van der Waals surface area contributed by atoms with Crippen molar-refractivity contribution in [3.63, 3.8) is 0 Å². The smallest absolute Gasteiger partial charge is 0.242 e. The Kier molecular flexibility index (Phi) is 11.8. The summed E-state index contributed by atoms with van der Waals surface area (Å²) in [4.78, 5) is 27.6. The highest BCUT2D eigenvalue weighted by Gasteiger charge is 2.27. The van der Waals surface area contributed by atoms with Crippen LogP contribution < -0.4 is 9.62 Å².